The molecule has 1 aromatic carbocycles. The van der Waals surface area contributed by atoms with Crippen LogP contribution in [0.3, 0.4) is 0 Å². The molecule has 1 fully saturated rings. The normalized spacial score (nSPS) is 14.8. The first kappa shape index (κ1) is 20.6. The number of rotatable bonds is 4. The smallest absolute Gasteiger partial charge is 0.243 e. The lowest BCUT2D eigenvalue weighted by atomic mass is 10.0. The molecule has 0 radical (unpaired) electrons. The summed E-state index contributed by atoms with van der Waals surface area (Å²) in [6.45, 7) is 3.31. The maximum Gasteiger partial charge on any atom is 0.243 e. The zero-order valence-corrected chi connectivity index (χ0v) is 18.2. The summed E-state index contributed by atoms with van der Waals surface area (Å²) in [5.41, 5.74) is 3.50. The van der Waals surface area contributed by atoms with Crippen LogP contribution in [0.25, 0.3) is 16.8 Å². The van der Waals surface area contributed by atoms with E-state index < -0.39 is 0 Å². The van der Waals surface area contributed by atoms with Gasteiger partial charge in [-0.3, -0.25) is 4.98 Å². The number of nitrogens with one attached hydrogen (secondary N) is 1. The summed E-state index contributed by atoms with van der Waals surface area (Å²) >= 11 is 6.26. The van der Waals surface area contributed by atoms with Crippen molar-refractivity contribution in [2.45, 2.75) is 25.8 Å². The zero-order valence-electron chi connectivity index (χ0n) is 17.4. The van der Waals surface area contributed by atoms with Crippen LogP contribution in [0.2, 0.25) is 5.02 Å². The van der Waals surface area contributed by atoms with E-state index in [2.05, 4.69) is 20.4 Å². The van der Waals surface area contributed by atoms with Crippen LogP contribution in [-0.4, -0.2) is 38.7 Å². The van der Waals surface area contributed by atoms with Crippen molar-refractivity contribution < 1.29 is 8.78 Å². The maximum absolute atomic E-state index is 14.2. The number of halogens is 3. The number of piperidine rings is 1. The van der Waals surface area contributed by atoms with Crippen LogP contribution < -0.4 is 10.2 Å². The first-order valence-electron chi connectivity index (χ1n) is 10.4. The fourth-order valence-electron chi connectivity index (χ4n) is 4.10. The van der Waals surface area contributed by atoms with Crippen LogP contribution in [0.4, 0.5) is 20.4 Å². The van der Waals surface area contributed by atoms with Gasteiger partial charge < -0.3 is 10.2 Å². The molecule has 1 aliphatic rings. The van der Waals surface area contributed by atoms with Gasteiger partial charge in [-0.25, -0.2) is 13.3 Å². The highest BCUT2D eigenvalue weighted by molar-refractivity contribution is 6.33. The summed E-state index contributed by atoms with van der Waals surface area (Å²) in [7, 11) is 0. The topological polar surface area (TPSA) is 58.4 Å². The number of aryl methyl sites for hydroxylation is 1. The minimum absolute atomic E-state index is 0.174. The molecule has 0 saturated carbocycles. The second-order valence-electron chi connectivity index (χ2n) is 7.93. The van der Waals surface area contributed by atoms with Crippen LogP contribution in [-0.2, 0) is 0 Å². The molecule has 1 aliphatic heterocycles. The third-order valence-corrected chi connectivity index (χ3v) is 6.04. The molecule has 4 heterocycles. The molecule has 164 valence electrons. The highest BCUT2D eigenvalue weighted by Gasteiger charge is 2.23. The number of aromatic nitrogens is 4. The first-order chi connectivity index (χ1) is 15.5. The number of benzene rings is 1. The molecule has 0 bridgehead atoms. The van der Waals surface area contributed by atoms with E-state index in [1.54, 1.807) is 16.6 Å². The average molecular weight is 455 g/mol. The summed E-state index contributed by atoms with van der Waals surface area (Å²) in [5.74, 6) is -0.168. The lowest BCUT2D eigenvalue weighted by molar-refractivity contribution is 0.513. The maximum atomic E-state index is 14.2. The summed E-state index contributed by atoms with van der Waals surface area (Å²) in [6.07, 6.45) is 4.74. The fraction of sp³-hybridized carbons (Fsp3) is 0.261. The quantitative estimate of drug-likeness (QED) is 0.464. The summed E-state index contributed by atoms with van der Waals surface area (Å²) in [6, 6.07) is 10.0. The van der Waals surface area contributed by atoms with E-state index in [4.69, 9.17) is 11.6 Å². The molecule has 0 spiro atoms. The number of fused-ring (bicyclic) bond motifs is 1. The molecule has 3 aromatic heterocycles. The molecular weight excluding hydrogens is 434 g/mol. The van der Waals surface area contributed by atoms with Gasteiger partial charge in [-0.2, -0.15) is 4.98 Å². The highest BCUT2D eigenvalue weighted by Crippen LogP contribution is 2.31. The molecule has 0 atom stereocenters. The van der Waals surface area contributed by atoms with Gasteiger partial charge in [0.25, 0.3) is 0 Å². The minimum Gasteiger partial charge on any atom is -0.369 e. The van der Waals surface area contributed by atoms with Crippen LogP contribution in [0.5, 0.6) is 0 Å². The van der Waals surface area contributed by atoms with Gasteiger partial charge >= 0.3 is 0 Å². The van der Waals surface area contributed by atoms with Crippen molar-refractivity contribution in [1.82, 2.24) is 19.6 Å². The van der Waals surface area contributed by atoms with Crippen molar-refractivity contribution >= 4 is 28.9 Å². The van der Waals surface area contributed by atoms with Crippen molar-refractivity contribution in [2.24, 2.45) is 0 Å². The van der Waals surface area contributed by atoms with Gasteiger partial charge in [0.1, 0.15) is 5.82 Å². The van der Waals surface area contributed by atoms with Crippen molar-refractivity contribution in [2.75, 3.05) is 23.3 Å². The van der Waals surface area contributed by atoms with Crippen molar-refractivity contribution in [1.29, 1.82) is 0 Å². The Bertz CT molecular complexity index is 1280. The Morgan fingerprint density at radius 2 is 1.91 bits per heavy atom. The molecule has 9 heteroatoms. The highest BCUT2D eigenvalue weighted by atomic mass is 35.5. The van der Waals surface area contributed by atoms with Gasteiger partial charge in [-0.15, -0.1) is 5.10 Å². The van der Waals surface area contributed by atoms with Gasteiger partial charge in [0.15, 0.2) is 11.5 Å². The number of pyridine rings is 2. The molecule has 6 nitrogen and oxygen atoms in total. The molecule has 0 aliphatic carbocycles. The van der Waals surface area contributed by atoms with Crippen molar-refractivity contribution in [3.05, 3.63) is 71.1 Å². The standard InChI is InChI=1S/C23H21ClF2N6/c1-14-11-21(20(26)13-27-14)31-9-6-16(7-10-31)28-23-29-22-18(3-2-8-32(22)30-23)17-5-4-15(25)12-19(17)24/h2-5,8,11-13,16H,6-7,9-10H2,1H3,(H,28,30). The minimum atomic E-state index is -0.386. The predicted octanol–water partition coefficient (Wildman–Crippen LogP) is 5.11. The monoisotopic (exact) mass is 454 g/mol. The second kappa shape index (κ2) is 8.35. The molecule has 32 heavy (non-hydrogen) atoms. The number of nitrogens with zero attached hydrogens (tertiary/aromatic N) is 5. The lowest BCUT2D eigenvalue weighted by Crippen LogP contribution is -2.39. The van der Waals surface area contributed by atoms with E-state index in [9.17, 15) is 8.78 Å². The Morgan fingerprint density at radius 1 is 1.09 bits per heavy atom. The van der Waals surface area contributed by atoms with E-state index in [-0.39, 0.29) is 17.7 Å². The van der Waals surface area contributed by atoms with Gasteiger partial charge in [0, 0.05) is 42.1 Å². The van der Waals surface area contributed by atoms with E-state index in [0.29, 0.717) is 27.9 Å². The fourth-order valence-corrected chi connectivity index (χ4v) is 4.37. The molecule has 0 unspecified atom stereocenters. The predicted molar refractivity (Wildman–Crippen MR) is 121 cm³/mol. The number of hydrogen-bond acceptors (Lipinski definition) is 5. The Hall–Kier alpha value is -3.26. The van der Waals surface area contributed by atoms with Crippen molar-refractivity contribution in [3.63, 3.8) is 0 Å². The lowest BCUT2D eigenvalue weighted by Gasteiger charge is -2.33. The Kier molecular flexibility index (Phi) is 5.38. The molecule has 5 rings (SSSR count). The van der Waals surface area contributed by atoms with E-state index in [1.807, 2.05) is 30.2 Å². The van der Waals surface area contributed by atoms with E-state index in [0.717, 1.165) is 37.2 Å². The van der Waals surface area contributed by atoms with E-state index in [1.165, 1.54) is 18.3 Å². The van der Waals surface area contributed by atoms with Crippen LogP contribution >= 0.6 is 11.6 Å². The molecular formula is C23H21ClF2N6. The van der Waals surface area contributed by atoms with Crippen LogP contribution in [0.15, 0.2) is 48.8 Å². The van der Waals surface area contributed by atoms with Crippen molar-refractivity contribution in [3.8, 4) is 11.1 Å². The molecule has 1 N–H and O–H groups in total. The van der Waals surface area contributed by atoms with Crippen LogP contribution in [0, 0.1) is 18.6 Å². The third-order valence-electron chi connectivity index (χ3n) is 5.72. The Labute approximate surface area is 188 Å². The van der Waals surface area contributed by atoms with Gasteiger partial charge in [-0.05, 0) is 56.2 Å². The van der Waals surface area contributed by atoms with Gasteiger partial charge in [0.05, 0.1) is 16.9 Å². The molecule has 0 amide bonds. The first-order valence-corrected chi connectivity index (χ1v) is 10.8. The number of anilines is 2. The molecule has 1 saturated heterocycles. The average Bonchev–Trinajstić information content (AvgIpc) is 3.19. The SMILES string of the molecule is Cc1cc(N2CCC(Nc3nc4c(-c5ccc(F)cc5Cl)cccn4n3)CC2)c(F)cn1. The van der Waals surface area contributed by atoms with E-state index >= 15 is 0 Å². The Morgan fingerprint density at radius 3 is 2.69 bits per heavy atom. The Balaban J connectivity index is 1.33. The summed E-state index contributed by atoms with van der Waals surface area (Å²) in [5, 5.41) is 8.26. The third kappa shape index (κ3) is 3.98. The zero-order chi connectivity index (χ0) is 22.2. The van der Waals surface area contributed by atoms with Crippen LogP contribution in [0.1, 0.15) is 18.5 Å². The summed E-state index contributed by atoms with van der Waals surface area (Å²) in [4.78, 5) is 10.7. The van der Waals surface area contributed by atoms with Gasteiger partial charge in [0.2, 0.25) is 5.95 Å². The summed E-state index contributed by atoms with van der Waals surface area (Å²) < 4.78 is 29.3. The number of hydrogen-bond donors (Lipinski definition) is 1. The molecule has 4 aromatic rings. The van der Waals surface area contributed by atoms with Gasteiger partial charge in [-0.1, -0.05) is 11.6 Å². The largest absolute Gasteiger partial charge is 0.369 e. The second-order valence-corrected chi connectivity index (χ2v) is 8.34.